The molecule has 0 amide bonds. The highest BCUT2D eigenvalue weighted by atomic mass is 16.6. The molecule has 1 aliphatic heterocycles. The summed E-state index contributed by atoms with van der Waals surface area (Å²) >= 11 is 0. The van der Waals surface area contributed by atoms with Gasteiger partial charge in [-0.25, -0.2) is 0 Å². The molecule has 0 radical (unpaired) electrons. The molecule has 0 unspecified atom stereocenters. The summed E-state index contributed by atoms with van der Waals surface area (Å²) in [5.41, 5.74) is 1.36. The minimum Gasteiger partial charge on any atom is -0.507 e. The molecular weight excluding hydrogens is 508 g/mol. The molecule has 10 nitrogen and oxygen atoms in total. The Morgan fingerprint density at radius 3 is 2.23 bits per heavy atom. The maximum atomic E-state index is 13.6. The predicted octanol–water partition coefficient (Wildman–Crippen LogP) is 4.56. The minimum atomic E-state index is -0.673. The Bertz CT molecular complexity index is 1640. The fourth-order valence-corrected chi connectivity index (χ4v) is 4.73. The van der Waals surface area contributed by atoms with Crippen LogP contribution in [0.5, 0.6) is 34.5 Å². The van der Waals surface area contributed by atoms with Crippen LogP contribution < -0.4 is 29.1 Å². The SMILES string of the molecule is COc1ccc(-c2coc3c4c(cc(O)c3c2=O)OC(=O)C[C@@H]4c2cc(OC)c(OC(C)=O)c(OC)c2)cc1. The lowest BCUT2D eigenvalue weighted by Gasteiger charge is -2.27. The van der Waals surface area contributed by atoms with E-state index in [4.69, 9.17) is 28.1 Å². The summed E-state index contributed by atoms with van der Waals surface area (Å²) in [6, 6.07) is 11.3. The Kier molecular flexibility index (Phi) is 6.61. The van der Waals surface area contributed by atoms with E-state index in [0.717, 1.165) is 0 Å². The lowest BCUT2D eigenvalue weighted by Crippen LogP contribution is -2.22. The van der Waals surface area contributed by atoms with E-state index in [0.29, 0.717) is 22.4 Å². The van der Waals surface area contributed by atoms with Crippen LogP contribution in [0.25, 0.3) is 22.1 Å². The molecule has 1 aliphatic rings. The van der Waals surface area contributed by atoms with Crippen LogP contribution >= 0.6 is 0 Å². The fourth-order valence-electron chi connectivity index (χ4n) is 4.73. The summed E-state index contributed by atoms with van der Waals surface area (Å²) < 4.78 is 32.8. The van der Waals surface area contributed by atoms with E-state index in [-0.39, 0.29) is 51.7 Å². The molecule has 1 aromatic heterocycles. The van der Waals surface area contributed by atoms with Gasteiger partial charge in [0.2, 0.25) is 11.2 Å². The van der Waals surface area contributed by atoms with Gasteiger partial charge < -0.3 is 33.2 Å². The van der Waals surface area contributed by atoms with Crippen molar-refractivity contribution in [2.45, 2.75) is 19.3 Å². The van der Waals surface area contributed by atoms with Crippen molar-refractivity contribution in [3.05, 3.63) is 70.1 Å². The van der Waals surface area contributed by atoms with E-state index in [1.54, 1.807) is 43.5 Å². The van der Waals surface area contributed by atoms with Crippen LogP contribution in [0.2, 0.25) is 0 Å². The Labute approximate surface area is 222 Å². The first-order valence-corrected chi connectivity index (χ1v) is 11.9. The average Bonchev–Trinajstić information content (AvgIpc) is 2.92. The normalized spacial score (nSPS) is 14.4. The van der Waals surface area contributed by atoms with Crippen LogP contribution in [-0.2, 0) is 9.59 Å². The van der Waals surface area contributed by atoms with Gasteiger partial charge in [-0.3, -0.25) is 14.4 Å². The maximum absolute atomic E-state index is 13.6. The van der Waals surface area contributed by atoms with Crippen molar-refractivity contribution in [3.8, 4) is 45.6 Å². The molecule has 1 N–H and O–H groups in total. The number of carbonyl (C=O) groups excluding carboxylic acids is 2. The van der Waals surface area contributed by atoms with Crippen molar-refractivity contribution in [2.75, 3.05) is 21.3 Å². The van der Waals surface area contributed by atoms with Crippen molar-refractivity contribution in [1.29, 1.82) is 0 Å². The molecule has 0 fully saturated rings. The van der Waals surface area contributed by atoms with Crippen LogP contribution in [0, 0.1) is 0 Å². The summed E-state index contributed by atoms with van der Waals surface area (Å²) in [6.45, 7) is 1.25. The third-order valence-corrected chi connectivity index (χ3v) is 6.50. The molecule has 0 bridgehead atoms. The van der Waals surface area contributed by atoms with Crippen LogP contribution in [0.1, 0.15) is 30.4 Å². The number of esters is 2. The molecule has 39 heavy (non-hydrogen) atoms. The van der Waals surface area contributed by atoms with Crippen LogP contribution in [-0.4, -0.2) is 38.4 Å². The van der Waals surface area contributed by atoms with E-state index in [2.05, 4.69) is 0 Å². The van der Waals surface area contributed by atoms with E-state index < -0.39 is 23.3 Å². The average molecular weight is 533 g/mol. The smallest absolute Gasteiger partial charge is 0.312 e. The minimum absolute atomic E-state index is 0.0551. The molecule has 1 atom stereocenters. The monoisotopic (exact) mass is 532 g/mol. The van der Waals surface area contributed by atoms with Crippen molar-refractivity contribution in [1.82, 2.24) is 0 Å². The molecule has 0 saturated carbocycles. The molecule has 5 rings (SSSR count). The standard InChI is InChI=1S/C29H24O10/c1-14(30)38-28-22(35-3)9-16(10-23(28)36-4)18-11-24(32)39-21-12-20(31)26-27(33)19(13-37-29(26)25(18)21)15-5-7-17(34-2)8-6-15/h5-10,12-13,18,31H,11H2,1-4H3/t18-/m1/s1. The second kappa shape index (κ2) is 10.1. The number of rotatable bonds is 6. The zero-order valence-electron chi connectivity index (χ0n) is 21.5. The summed E-state index contributed by atoms with van der Waals surface area (Å²) in [6.07, 6.45) is 1.21. The number of hydrogen-bond donors (Lipinski definition) is 1. The maximum Gasteiger partial charge on any atom is 0.312 e. The summed E-state index contributed by atoms with van der Waals surface area (Å²) in [7, 11) is 4.35. The van der Waals surface area contributed by atoms with Gasteiger partial charge in [-0.15, -0.1) is 0 Å². The van der Waals surface area contributed by atoms with E-state index >= 15 is 0 Å². The first-order chi connectivity index (χ1) is 18.7. The molecule has 10 heteroatoms. The topological polar surface area (TPSA) is 131 Å². The summed E-state index contributed by atoms with van der Waals surface area (Å²) in [5, 5.41) is 10.8. The number of phenolic OH excluding ortho intramolecular Hbond substituents is 1. The summed E-state index contributed by atoms with van der Waals surface area (Å²) in [4.78, 5) is 37.8. The Morgan fingerprint density at radius 1 is 0.974 bits per heavy atom. The van der Waals surface area contributed by atoms with Gasteiger partial charge in [0.05, 0.1) is 33.3 Å². The number of benzene rings is 3. The van der Waals surface area contributed by atoms with Gasteiger partial charge in [-0.05, 0) is 35.4 Å². The van der Waals surface area contributed by atoms with E-state index in [1.165, 1.54) is 33.5 Å². The number of ether oxygens (including phenoxy) is 5. The Balaban J connectivity index is 1.73. The van der Waals surface area contributed by atoms with Gasteiger partial charge in [0.25, 0.3) is 0 Å². The van der Waals surface area contributed by atoms with Crippen LogP contribution in [0.3, 0.4) is 0 Å². The number of carbonyl (C=O) groups is 2. The fraction of sp³-hybridized carbons (Fsp3) is 0.207. The van der Waals surface area contributed by atoms with Gasteiger partial charge in [0, 0.05) is 24.5 Å². The van der Waals surface area contributed by atoms with E-state index in [1.807, 2.05) is 0 Å². The highest BCUT2D eigenvalue weighted by Gasteiger charge is 2.35. The Morgan fingerprint density at radius 2 is 1.64 bits per heavy atom. The number of fused-ring (bicyclic) bond motifs is 3. The second-order valence-corrected chi connectivity index (χ2v) is 8.80. The third-order valence-electron chi connectivity index (χ3n) is 6.50. The highest BCUT2D eigenvalue weighted by Crippen LogP contribution is 2.49. The number of methoxy groups -OCH3 is 3. The lowest BCUT2D eigenvalue weighted by atomic mass is 9.84. The molecule has 3 aromatic carbocycles. The summed E-state index contributed by atoms with van der Waals surface area (Å²) in [5.74, 6) is -1.01. The van der Waals surface area contributed by atoms with Crippen molar-refractivity contribution < 1.29 is 42.8 Å². The van der Waals surface area contributed by atoms with Gasteiger partial charge in [-0.2, -0.15) is 0 Å². The molecule has 2 heterocycles. The largest absolute Gasteiger partial charge is 0.507 e. The first-order valence-electron chi connectivity index (χ1n) is 11.9. The van der Waals surface area contributed by atoms with Crippen molar-refractivity contribution in [3.63, 3.8) is 0 Å². The Hall–Kier alpha value is -4.99. The molecular formula is C29H24O10. The van der Waals surface area contributed by atoms with Crippen molar-refractivity contribution >= 4 is 22.9 Å². The molecule has 4 aromatic rings. The number of aromatic hydroxyl groups is 1. The molecule has 200 valence electrons. The van der Waals surface area contributed by atoms with Crippen LogP contribution in [0.15, 0.2) is 57.9 Å². The second-order valence-electron chi connectivity index (χ2n) is 8.80. The lowest BCUT2D eigenvalue weighted by molar-refractivity contribution is -0.135. The third kappa shape index (κ3) is 4.50. The van der Waals surface area contributed by atoms with Gasteiger partial charge >= 0.3 is 11.9 Å². The predicted molar refractivity (Wildman–Crippen MR) is 139 cm³/mol. The van der Waals surface area contributed by atoms with Crippen molar-refractivity contribution in [2.24, 2.45) is 0 Å². The zero-order valence-corrected chi connectivity index (χ0v) is 21.5. The molecule has 0 aliphatic carbocycles. The van der Waals surface area contributed by atoms with Crippen LogP contribution in [0.4, 0.5) is 0 Å². The van der Waals surface area contributed by atoms with Gasteiger partial charge in [-0.1, -0.05) is 12.1 Å². The molecule has 0 spiro atoms. The number of phenols is 1. The van der Waals surface area contributed by atoms with Gasteiger partial charge in [0.15, 0.2) is 11.5 Å². The zero-order chi connectivity index (χ0) is 27.8. The first kappa shape index (κ1) is 25.7. The number of hydrogen-bond acceptors (Lipinski definition) is 10. The van der Waals surface area contributed by atoms with E-state index in [9.17, 15) is 19.5 Å². The molecule has 0 saturated heterocycles. The van der Waals surface area contributed by atoms with Gasteiger partial charge in [0.1, 0.15) is 34.5 Å². The highest BCUT2D eigenvalue weighted by molar-refractivity contribution is 5.94. The quantitative estimate of drug-likeness (QED) is 0.279.